The highest BCUT2D eigenvalue weighted by molar-refractivity contribution is 5.86. The minimum Gasteiger partial charge on any atom is -0.512 e. The summed E-state index contributed by atoms with van der Waals surface area (Å²) in [6.45, 7) is 17.6. The molecular formula is C30H43NO. The van der Waals surface area contributed by atoms with Gasteiger partial charge in [0, 0.05) is 22.9 Å². The first-order valence-corrected chi connectivity index (χ1v) is 12.6. The number of fused-ring (bicyclic) bond motifs is 1. The standard InChI is InChI=1S/C30H43NO/c1-8-12-24(22(5)32)29(30(6,7)19-9-2)28(23-17-15-20(3)16-18-23)27-21(4)31-26-14-11-10-13-25(26)27/h15-18,24,31-32H,5,8-14,19H2,1-4,6-7H3/b29-28-. The van der Waals surface area contributed by atoms with E-state index in [-0.39, 0.29) is 11.3 Å². The smallest absolute Gasteiger partial charge is 0.0922 e. The Kier molecular flexibility index (Phi) is 7.75. The third kappa shape index (κ3) is 4.90. The molecule has 2 N–H and O–H groups in total. The Labute approximate surface area is 195 Å². The fourth-order valence-corrected chi connectivity index (χ4v) is 5.84. The van der Waals surface area contributed by atoms with Gasteiger partial charge in [-0.3, -0.25) is 0 Å². The summed E-state index contributed by atoms with van der Waals surface area (Å²) < 4.78 is 0. The van der Waals surface area contributed by atoms with Gasteiger partial charge in [0.15, 0.2) is 0 Å². The van der Waals surface area contributed by atoms with Gasteiger partial charge in [0.1, 0.15) is 0 Å². The maximum absolute atomic E-state index is 10.9. The predicted molar refractivity (Wildman–Crippen MR) is 138 cm³/mol. The van der Waals surface area contributed by atoms with Crippen molar-refractivity contribution in [2.75, 3.05) is 0 Å². The molecule has 1 aromatic heterocycles. The summed E-state index contributed by atoms with van der Waals surface area (Å²) in [7, 11) is 0. The maximum Gasteiger partial charge on any atom is 0.0922 e. The number of rotatable bonds is 9. The number of aromatic amines is 1. The Morgan fingerprint density at radius 3 is 2.31 bits per heavy atom. The van der Waals surface area contributed by atoms with E-state index in [2.05, 4.69) is 77.4 Å². The van der Waals surface area contributed by atoms with E-state index in [4.69, 9.17) is 0 Å². The molecule has 2 aromatic rings. The fraction of sp³-hybridized carbons (Fsp3) is 0.533. The van der Waals surface area contributed by atoms with Gasteiger partial charge in [0.05, 0.1) is 5.76 Å². The van der Waals surface area contributed by atoms with Crippen molar-refractivity contribution in [1.29, 1.82) is 0 Å². The molecule has 3 rings (SSSR count). The molecule has 1 aliphatic carbocycles. The minimum atomic E-state index is -0.0499. The predicted octanol–water partition coefficient (Wildman–Crippen LogP) is 8.63. The van der Waals surface area contributed by atoms with Crippen molar-refractivity contribution in [2.24, 2.45) is 11.3 Å². The van der Waals surface area contributed by atoms with Crippen LogP contribution in [0.5, 0.6) is 0 Å². The molecule has 0 fully saturated rings. The molecule has 0 amide bonds. The second-order valence-electron chi connectivity index (χ2n) is 10.4. The van der Waals surface area contributed by atoms with Gasteiger partial charge >= 0.3 is 0 Å². The monoisotopic (exact) mass is 433 g/mol. The van der Waals surface area contributed by atoms with Crippen molar-refractivity contribution in [2.45, 2.75) is 92.9 Å². The van der Waals surface area contributed by atoms with E-state index in [9.17, 15) is 5.11 Å². The van der Waals surface area contributed by atoms with Crippen LogP contribution in [0, 0.1) is 25.2 Å². The molecule has 1 heterocycles. The third-order valence-electron chi connectivity index (χ3n) is 7.27. The van der Waals surface area contributed by atoms with E-state index < -0.39 is 0 Å². The Balaban J connectivity index is 2.44. The summed E-state index contributed by atoms with van der Waals surface area (Å²) in [6.07, 6.45) is 8.89. The van der Waals surface area contributed by atoms with Crippen LogP contribution in [0.1, 0.15) is 99.9 Å². The zero-order valence-electron chi connectivity index (χ0n) is 21.2. The zero-order chi connectivity index (χ0) is 23.5. The molecule has 0 saturated heterocycles. The van der Waals surface area contributed by atoms with Gasteiger partial charge in [-0.15, -0.1) is 0 Å². The summed E-state index contributed by atoms with van der Waals surface area (Å²) >= 11 is 0. The first-order valence-electron chi connectivity index (χ1n) is 12.6. The fourth-order valence-electron chi connectivity index (χ4n) is 5.84. The lowest BCUT2D eigenvalue weighted by Crippen LogP contribution is -2.25. The van der Waals surface area contributed by atoms with Crippen LogP contribution in [-0.2, 0) is 12.8 Å². The van der Waals surface area contributed by atoms with Crippen molar-refractivity contribution < 1.29 is 5.11 Å². The summed E-state index contributed by atoms with van der Waals surface area (Å²) in [5.74, 6) is 0.268. The number of benzene rings is 1. The van der Waals surface area contributed by atoms with Crippen LogP contribution < -0.4 is 0 Å². The number of aliphatic hydroxyl groups is 1. The highest BCUT2D eigenvalue weighted by Crippen LogP contribution is 2.48. The lowest BCUT2D eigenvalue weighted by atomic mass is 9.68. The van der Waals surface area contributed by atoms with E-state index in [0.29, 0.717) is 5.76 Å². The van der Waals surface area contributed by atoms with Crippen LogP contribution in [0.4, 0.5) is 0 Å². The molecule has 0 spiro atoms. The number of nitrogens with one attached hydrogen (secondary N) is 1. The van der Waals surface area contributed by atoms with Crippen molar-refractivity contribution >= 4 is 5.57 Å². The first-order chi connectivity index (χ1) is 15.2. The Morgan fingerprint density at radius 2 is 1.72 bits per heavy atom. The van der Waals surface area contributed by atoms with Crippen LogP contribution in [0.25, 0.3) is 5.57 Å². The quantitative estimate of drug-likeness (QED) is 0.381. The van der Waals surface area contributed by atoms with E-state index in [0.717, 1.165) is 38.5 Å². The number of hydrogen-bond acceptors (Lipinski definition) is 1. The van der Waals surface area contributed by atoms with Crippen LogP contribution in [0.2, 0.25) is 0 Å². The molecular weight excluding hydrogens is 390 g/mol. The molecule has 2 heteroatoms. The number of aryl methyl sites for hydroxylation is 3. The van der Waals surface area contributed by atoms with Crippen molar-refractivity contribution in [3.05, 3.63) is 75.8 Å². The van der Waals surface area contributed by atoms with Gasteiger partial charge in [0.2, 0.25) is 0 Å². The molecule has 1 aromatic carbocycles. The van der Waals surface area contributed by atoms with Crippen LogP contribution in [-0.4, -0.2) is 10.1 Å². The van der Waals surface area contributed by atoms with Crippen molar-refractivity contribution in [3.63, 3.8) is 0 Å². The van der Waals surface area contributed by atoms with Gasteiger partial charge in [0.25, 0.3) is 0 Å². The minimum absolute atomic E-state index is 0.0357. The lowest BCUT2D eigenvalue weighted by Gasteiger charge is -2.37. The maximum atomic E-state index is 10.9. The van der Waals surface area contributed by atoms with Gasteiger partial charge in [-0.1, -0.05) is 76.9 Å². The SMILES string of the molecule is C=C(O)C(CCC)/C(=C(\c1ccc(C)cc1)c1c(C)[nH]c2c1CCCC2)C(C)(C)CCC. The molecule has 0 saturated carbocycles. The van der Waals surface area contributed by atoms with Crippen LogP contribution >= 0.6 is 0 Å². The third-order valence-corrected chi connectivity index (χ3v) is 7.27. The molecule has 1 aliphatic rings. The second kappa shape index (κ2) is 10.1. The van der Waals surface area contributed by atoms with E-state index >= 15 is 0 Å². The Bertz CT molecular complexity index is 971. The first kappa shape index (κ1) is 24.4. The van der Waals surface area contributed by atoms with Crippen LogP contribution in [0.3, 0.4) is 0 Å². The molecule has 0 radical (unpaired) electrons. The second-order valence-corrected chi connectivity index (χ2v) is 10.4. The average molecular weight is 434 g/mol. The molecule has 32 heavy (non-hydrogen) atoms. The number of allylic oxidation sites excluding steroid dienone is 1. The van der Waals surface area contributed by atoms with E-state index in [1.807, 2.05) is 0 Å². The summed E-state index contributed by atoms with van der Waals surface area (Å²) in [6, 6.07) is 8.99. The van der Waals surface area contributed by atoms with Gasteiger partial charge in [-0.2, -0.15) is 0 Å². The van der Waals surface area contributed by atoms with Crippen molar-refractivity contribution in [3.8, 4) is 0 Å². The van der Waals surface area contributed by atoms with E-state index in [1.165, 1.54) is 57.6 Å². The van der Waals surface area contributed by atoms with Gasteiger partial charge in [-0.25, -0.2) is 0 Å². The highest BCUT2D eigenvalue weighted by atomic mass is 16.3. The average Bonchev–Trinajstić information content (AvgIpc) is 3.06. The molecule has 1 unspecified atom stereocenters. The zero-order valence-corrected chi connectivity index (χ0v) is 21.2. The number of aliphatic hydroxyl groups excluding tert-OH is 1. The lowest BCUT2D eigenvalue weighted by molar-refractivity contribution is 0.294. The topological polar surface area (TPSA) is 36.0 Å². The molecule has 1 atom stereocenters. The summed E-state index contributed by atoms with van der Waals surface area (Å²) in [5, 5.41) is 10.9. The summed E-state index contributed by atoms with van der Waals surface area (Å²) in [5.41, 5.74) is 10.7. The Hall–Kier alpha value is -2.22. The number of hydrogen-bond donors (Lipinski definition) is 2. The Morgan fingerprint density at radius 1 is 1.06 bits per heavy atom. The molecule has 174 valence electrons. The van der Waals surface area contributed by atoms with Gasteiger partial charge in [-0.05, 0) is 80.1 Å². The summed E-state index contributed by atoms with van der Waals surface area (Å²) in [4.78, 5) is 3.75. The van der Waals surface area contributed by atoms with Crippen molar-refractivity contribution in [1.82, 2.24) is 4.98 Å². The van der Waals surface area contributed by atoms with Gasteiger partial charge < -0.3 is 10.1 Å². The molecule has 2 nitrogen and oxygen atoms in total. The number of H-pyrrole nitrogens is 1. The largest absolute Gasteiger partial charge is 0.512 e. The molecule has 0 aliphatic heterocycles. The normalized spacial score (nSPS) is 15.8. The molecule has 0 bridgehead atoms. The highest BCUT2D eigenvalue weighted by Gasteiger charge is 2.35. The number of aromatic nitrogens is 1. The van der Waals surface area contributed by atoms with Crippen LogP contribution in [0.15, 0.2) is 42.2 Å². The van der Waals surface area contributed by atoms with E-state index in [1.54, 1.807) is 0 Å².